The molecule has 0 bridgehead atoms. The van der Waals surface area contributed by atoms with E-state index in [1.807, 2.05) is 6.07 Å². The molecule has 2 unspecified atom stereocenters. The molecule has 0 heterocycles. The standard InChI is InChI=1S/C17H24O/c1-2-15-10-6-7-11-16(15)17(18)13-12-14-8-4-3-5-9-14/h3-5,8-9,15-16H,2,6-7,10-13H2,1H3. The van der Waals surface area contributed by atoms with E-state index in [0.29, 0.717) is 17.6 Å². The summed E-state index contributed by atoms with van der Waals surface area (Å²) in [6, 6.07) is 10.4. The van der Waals surface area contributed by atoms with Gasteiger partial charge in [-0.1, -0.05) is 56.5 Å². The van der Waals surface area contributed by atoms with Crippen LogP contribution in [0.2, 0.25) is 0 Å². The van der Waals surface area contributed by atoms with Crippen LogP contribution in [0.25, 0.3) is 0 Å². The summed E-state index contributed by atoms with van der Waals surface area (Å²) in [5.41, 5.74) is 1.29. The van der Waals surface area contributed by atoms with Gasteiger partial charge in [0.05, 0.1) is 0 Å². The van der Waals surface area contributed by atoms with Gasteiger partial charge in [-0.15, -0.1) is 0 Å². The predicted octanol–water partition coefficient (Wildman–Crippen LogP) is 4.40. The van der Waals surface area contributed by atoms with Gasteiger partial charge in [-0.05, 0) is 30.7 Å². The molecule has 0 amide bonds. The summed E-state index contributed by atoms with van der Waals surface area (Å²) in [4.78, 5) is 12.3. The van der Waals surface area contributed by atoms with E-state index < -0.39 is 0 Å². The zero-order valence-corrected chi connectivity index (χ0v) is 11.4. The van der Waals surface area contributed by atoms with Gasteiger partial charge in [-0.25, -0.2) is 0 Å². The van der Waals surface area contributed by atoms with Crippen LogP contribution in [-0.2, 0) is 11.2 Å². The first-order chi connectivity index (χ1) is 8.81. The summed E-state index contributed by atoms with van der Waals surface area (Å²) in [6.07, 6.45) is 7.77. The Morgan fingerprint density at radius 1 is 1.17 bits per heavy atom. The summed E-state index contributed by atoms with van der Waals surface area (Å²) in [7, 11) is 0. The first-order valence-corrected chi connectivity index (χ1v) is 7.38. The molecule has 1 nitrogen and oxygen atoms in total. The normalized spacial score (nSPS) is 23.8. The van der Waals surface area contributed by atoms with Gasteiger partial charge in [0.15, 0.2) is 0 Å². The first-order valence-electron chi connectivity index (χ1n) is 7.38. The van der Waals surface area contributed by atoms with Crippen LogP contribution in [-0.4, -0.2) is 5.78 Å². The van der Waals surface area contributed by atoms with E-state index in [1.165, 1.54) is 31.2 Å². The third-order valence-electron chi connectivity index (χ3n) is 4.35. The number of carbonyl (C=O) groups excluding carboxylic acids is 1. The number of Topliss-reactive ketones (excluding diaryl/α,β-unsaturated/α-hetero) is 1. The fraction of sp³-hybridized carbons (Fsp3) is 0.588. The Labute approximate surface area is 111 Å². The summed E-state index contributed by atoms with van der Waals surface area (Å²) < 4.78 is 0. The van der Waals surface area contributed by atoms with Gasteiger partial charge < -0.3 is 0 Å². The molecule has 1 heteroatoms. The summed E-state index contributed by atoms with van der Waals surface area (Å²) in [5, 5.41) is 0. The van der Waals surface area contributed by atoms with E-state index in [0.717, 1.165) is 19.3 Å². The second-order valence-electron chi connectivity index (χ2n) is 5.51. The van der Waals surface area contributed by atoms with Crippen LogP contribution >= 0.6 is 0 Å². The molecule has 2 atom stereocenters. The highest BCUT2D eigenvalue weighted by Crippen LogP contribution is 2.33. The van der Waals surface area contributed by atoms with Gasteiger partial charge in [0.2, 0.25) is 0 Å². The number of hydrogen-bond donors (Lipinski definition) is 0. The third kappa shape index (κ3) is 3.44. The molecule has 18 heavy (non-hydrogen) atoms. The van der Waals surface area contributed by atoms with Crippen molar-refractivity contribution in [3.8, 4) is 0 Å². The Morgan fingerprint density at radius 3 is 2.61 bits per heavy atom. The van der Waals surface area contributed by atoms with Gasteiger partial charge in [0.1, 0.15) is 5.78 Å². The zero-order valence-electron chi connectivity index (χ0n) is 11.4. The number of rotatable bonds is 5. The van der Waals surface area contributed by atoms with Crippen LogP contribution < -0.4 is 0 Å². The number of ketones is 1. The minimum absolute atomic E-state index is 0.354. The fourth-order valence-corrected chi connectivity index (χ4v) is 3.22. The maximum absolute atomic E-state index is 12.3. The molecule has 1 fully saturated rings. The van der Waals surface area contributed by atoms with Crippen LogP contribution in [0.15, 0.2) is 30.3 Å². The molecule has 0 N–H and O–H groups in total. The van der Waals surface area contributed by atoms with Crippen LogP contribution in [0.1, 0.15) is 51.0 Å². The van der Waals surface area contributed by atoms with E-state index in [-0.39, 0.29) is 0 Å². The molecule has 0 aromatic heterocycles. The van der Waals surface area contributed by atoms with Crippen LogP contribution in [0.5, 0.6) is 0 Å². The summed E-state index contributed by atoms with van der Waals surface area (Å²) >= 11 is 0. The topological polar surface area (TPSA) is 17.1 Å². The van der Waals surface area contributed by atoms with Crippen molar-refractivity contribution in [1.82, 2.24) is 0 Å². The van der Waals surface area contributed by atoms with Crippen molar-refractivity contribution in [1.29, 1.82) is 0 Å². The third-order valence-corrected chi connectivity index (χ3v) is 4.35. The lowest BCUT2D eigenvalue weighted by molar-refractivity contribution is -0.125. The molecule has 2 rings (SSSR count). The van der Waals surface area contributed by atoms with Crippen molar-refractivity contribution in [2.75, 3.05) is 0 Å². The second kappa shape index (κ2) is 6.72. The van der Waals surface area contributed by atoms with Gasteiger partial charge in [-0.3, -0.25) is 4.79 Å². The SMILES string of the molecule is CCC1CCCCC1C(=O)CCc1ccccc1. The smallest absolute Gasteiger partial charge is 0.136 e. The Morgan fingerprint density at radius 2 is 1.89 bits per heavy atom. The van der Waals surface area contributed by atoms with Crippen molar-refractivity contribution < 1.29 is 4.79 Å². The van der Waals surface area contributed by atoms with E-state index in [9.17, 15) is 4.79 Å². The van der Waals surface area contributed by atoms with Crippen LogP contribution in [0.4, 0.5) is 0 Å². The lowest BCUT2D eigenvalue weighted by atomic mass is 9.75. The van der Waals surface area contributed by atoms with Crippen molar-refractivity contribution in [2.45, 2.75) is 51.9 Å². The van der Waals surface area contributed by atoms with Crippen molar-refractivity contribution in [2.24, 2.45) is 11.8 Å². The Balaban J connectivity index is 1.87. The van der Waals surface area contributed by atoms with Gasteiger partial charge in [-0.2, -0.15) is 0 Å². The molecule has 1 aliphatic carbocycles. The second-order valence-corrected chi connectivity index (χ2v) is 5.51. The number of benzene rings is 1. The van der Waals surface area contributed by atoms with Crippen molar-refractivity contribution >= 4 is 5.78 Å². The number of hydrogen-bond acceptors (Lipinski definition) is 1. The quantitative estimate of drug-likeness (QED) is 0.750. The molecule has 1 aromatic rings. The van der Waals surface area contributed by atoms with Crippen molar-refractivity contribution in [3.05, 3.63) is 35.9 Å². The van der Waals surface area contributed by atoms with Gasteiger partial charge in [0, 0.05) is 12.3 Å². The molecule has 98 valence electrons. The number of carbonyl (C=O) groups is 1. The van der Waals surface area contributed by atoms with Gasteiger partial charge >= 0.3 is 0 Å². The Hall–Kier alpha value is -1.11. The van der Waals surface area contributed by atoms with E-state index >= 15 is 0 Å². The van der Waals surface area contributed by atoms with Crippen molar-refractivity contribution in [3.63, 3.8) is 0 Å². The predicted molar refractivity (Wildman–Crippen MR) is 75.5 cm³/mol. The summed E-state index contributed by atoms with van der Waals surface area (Å²) in [6.45, 7) is 2.23. The van der Waals surface area contributed by atoms with Crippen LogP contribution in [0.3, 0.4) is 0 Å². The highest BCUT2D eigenvalue weighted by molar-refractivity contribution is 5.81. The average molecular weight is 244 g/mol. The van der Waals surface area contributed by atoms with E-state index in [2.05, 4.69) is 31.2 Å². The Bertz CT molecular complexity index is 368. The monoisotopic (exact) mass is 244 g/mol. The number of aryl methyl sites for hydroxylation is 1. The van der Waals surface area contributed by atoms with Crippen LogP contribution in [0, 0.1) is 11.8 Å². The van der Waals surface area contributed by atoms with E-state index in [1.54, 1.807) is 0 Å². The highest BCUT2D eigenvalue weighted by atomic mass is 16.1. The molecule has 1 aliphatic rings. The van der Waals surface area contributed by atoms with E-state index in [4.69, 9.17) is 0 Å². The first kappa shape index (κ1) is 13.3. The van der Waals surface area contributed by atoms with Gasteiger partial charge in [0.25, 0.3) is 0 Å². The molecule has 0 aliphatic heterocycles. The average Bonchev–Trinajstić information content (AvgIpc) is 2.45. The molecular weight excluding hydrogens is 220 g/mol. The molecule has 0 radical (unpaired) electrons. The lowest BCUT2D eigenvalue weighted by Crippen LogP contribution is -2.27. The fourth-order valence-electron chi connectivity index (χ4n) is 3.22. The maximum atomic E-state index is 12.3. The Kier molecular flexibility index (Phi) is 4.98. The lowest BCUT2D eigenvalue weighted by Gasteiger charge is -2.29. The minimum Gasteiger partial charge on any atom is -0.299 e. The molecule has 1 aromatic carbocycles. The largest absolute Gasteiger partial charge is 0.299 e. The molecule has 0 spiro atoms. The molecule has 0 saturated heterocycles. The zero-order chi connectivity index (χ0) is 12.8. The molecule has 1 saturated carbocycles. The summed E-state index contributed by atoms with van der Waals surface area (Å²) in [5.74, 6) is 1.51. The molecular formula is C17H24O. The maximum Gasteiger partial charge on any atom is 0.136 e. The minimum atomic E-state index is 0.354. The highest BCUT2D eigenvalue weighted by Gasteiger charge is 2.28.